The Kier molecular flexibility index (Phi) is 5.36. The van der Waals surface area contributed by atoms with E-state index in [-0.39, 0.29) is 24.2 Å². The Labute approximate surface area is 116 Å². The van der Waals surface area contributed by atoms with Crippen LogP contribution in [-0.2, 0) is 10.2 Å². The van der Waals surface area contributed by atoms with Gasteiger partial charge in [0.2, 0.25) is 5.91 Å². The number of halogens is 1. The number of carbonyl (C=O) groups is 1. The average molecular weight is 309 g/mol. The molecule has 1 amide bonds. The minimum atomic E-state index is -0.133. The Morgan fingerprint density at radius 2 is 2.22 bits per heavy atom. The predicted molar refractivity (Wildman–Crippen MR) is 75.0 cm³/mol. The molecule has 0 radical (unpaired) electrons. The minimum absolute atomic E-state index is 0.0698. The fraction of sp³-hybridized carbons (Fsp3) is 0.429. The van der Waals surface area contributed by atoms with Gasteiger partial charge in [0.25, 0.3) is 0 Å². The molecule has 0 aliphatic rings. The van der Waals surface area contributed by atoms with Crippen molar-refractivity contribution in [3.05, 3.63) is 34.3 Å². The molecule has 1 rings (SSSR count). The number of hydrogen-bond acceptors (Lipinski definition) is 2. The number of nitrogens with zero attached hydrogens (tertiary/aromatic N) is 1. The van der Waals surface area contributed by atoms with E-state index in [4.69, 9.17) is 5.26 Å². The van der Waals surface area contributed by atoms with E-state index >= 15 is 0 Å². The highest BCUT2D eigenvalue weighted by molar-refractivity contribution is 9.10. The minimum Gasteiger partial charge on any atom is -0.355 e. The Bertz CT molecular complexity index is 463. The summed E-state index contributed by atoms with van der Waals surface area (Å²) in [6.45, 7) is 4.73. The van der Waals surface area contributed by atoms with Crippen molar-refractivity contribution in [1.82, 2.24) is 5.32 Å². The summed E-state index contributed by atoms with van der Waals surface area (Å²) >= 11 is 3.45. The van der Waals surface area contributed by atoms with Crippen LogP contribution in [0.4, 0.5) is 0 Å². The Hall–Kier alpha value is -1.34. The lowest BCUT2D eigenvalue weighted by Crippen LogP contribution is -2.36. The van der Waals surface area contributed by atoms with Gasteiger partial charge in [0.05, 0.1) is 6.07 Å². The van der Waals surface area contributed by atoms with E-state index in [9.17, 15) is 4.79 Å². The van der Waals surface area contributed by atoms with Gasteiger partial charge in [0, 0.05) is 29.3 Å². The third-order valence-corrected chi connectivity index (χ3v) is 3.29. The summed E-state index contributed by atoms with van der Waals surface area (Å²) < 4.78 is 1.03. The van der Waals surface area contributed by atoms with Crippen LogP contribution in [-0.4, -0.2) is 12.5 Å². The second-order valence-corrected chi connectivity index (χ2v) is 5.74. The molecular weight excluding hydrogens is 292 g/mol. The lowest BCUT2D eigenvalue weighted by molar-refractivity contribution is -0.121. The van der Waals surface area contributed by atoms with Crippen LogP contribution in [0.25, 0.3) is 0 Å². The molecule has 1 N–H and O–H groups in total. The average Bonchev–Trinajstić information content (AvgIpc) is 2.34. The van der Waals surface area contributed by atoms with Crippen molar-refractivity contribution < 1.29 is 4.79 Å². The first kappa shape index (κ1) is 14.7. The molecule has 0 saturated carbocycles. The zero-order valence-corrected chi connectivity index (χ0v) is 12.3. The van der Waals surface area contributed by atoms with Gasteiger partial charge in [-0.2, -0.15) is 5.26 Å². The maximum Gasteiger partial charge on any atom is 0.221 e. The van der Waals surface area contributed by atoms with Gasteiger partial charge in [-0.1, -0.05) is 41.9 Å². The lowest BCUT2D eigenvalue weighted by Gasteiger charge is -2.25. The molecule has 1 aromatic carbocycles. The van der Waals surface area contributed by atoms with E-state index in [1.54, 1.807) is 0 Å². The van der Waals surface area contributed by atoms with Crippen LogP contribution in [0.15, 0.2) is 28.7 Å². The van der Waals surface area contributed by atoms with Gasteiger partial charge in [-0.15, -0.1) is 0 Å². The summed E-state index contributed by atoms with van der Waals surface area (Å²) in [5, 5.41) is 11.3. The van der Waals surface area contributed by atoms with Crippen LogP contribution in [0.2, 0.25) is 0 Å². The zero-order chi connectivity index (χ0) is 13.6. The summed E-state index contributed by atoms with van der Waals surface area (Å²) in [4.78, 5) is 11.5. The molecular formula is C14H17BrN2O. The summed E-state index contributed by atoms with van der Waals surface area (Å²) in [6, 6.07) is 10.0. The summed E-state index contributed by atoms with van der Waals surface area (Å²) in [5.74, 6) is -0.0698. The lowest BCUT2D eigenvalue weighted by atomic mass is 9.84. The molecule has 0 heterocycles. The summed E-state index contributed by atoms with van der Waals surface area (Å²) in [5.41, 5.74) is 1.03. The smallest absolute Gasteiger partial charge is 0.221 e. The molecule has 3 nitrogen and oxygen atoms in total. The van der Waals surface area contributed by atoms with Crippen LogP contribution in [0.1, 0.15) is 32.3 Å². The molecule has 0 fully saturated rings. The molecule has 4 heteroatoms. The number of hydrogen-bond donors (Lipinski definition) is 1. The third kappa shape index (κ3) is 4.50. The highest BCUT2D eigenvalue weighted by Gasteiger charge is 2.21. The maximum absolute atomic E-state index is 11.5. The quantitative estimate of drug-likeness (QED) is 0.908. The molecule has 0 atom stereocenters. The molecule has 0 spiro atoms. The van der Waals surface area contributed by atoms with Crippen LogP contribution >= 0.6 is 15.9 Å². The Balaban J connectivity index is 2.60. The largest absolute Gasteiger partial charge is 0.355 e. The van der Waals surface area contributed by atoms with Gasteiger partial charge in [0.1, 0.15) is 0 Å². The Morgan fingerprint density at radius 3 is 2.83 bits per heavy atom. The van der Waals surface area contributed by atoms with Gasteiger partial charge in [-0.3, -0.25) is 4.79 Å². The van der Waals surface area contributed by atoms with E-state index < -0.39 is 0 Å². The Morgan fingerprint density at radius 1 is 1.50 bits per heavy atom. The van der Waals surface area contributed by atoms with Gasteiger partial charge in [-0.25, -0.2) is 0 Å². The standard InChI is InChI=1S/C14H17BrN2O/c1-14(2,10-17-13(18)7-4-8-16)11-5-3-6-12(15)9-11/h3,5-6,9H,4,7,10H2,1-2H3,(H,17,18). The number of rotatable bonds is 5. The second-order valence-electron chi connectivity index (χ2n) is 4.83. The topological polar surface area (TPSA) is 52.9 Å². The molecule has 0 unspecified atom stereocenters. The van der Waals surface area contributed by atoms with Crippen molar-refractivity contribution in [2.45, 2.75) is 32.1 Å². The zero-order valence-electron chi connectivity index (χ0n) is 10.7. The van der Waals surface area contributed by atoms with Crippen molar-refractivity contribution in [3.63, 3.8) is 0 Å². The molecule has 0 bridgehead atoms. The fourth-order valence-electron chi connectivity index (χ4n) is 1.59. The number of nitriles is 1. The van der Waals surface area contributed by atoms with Gasteiger partial charge < -0.3 is 5.32 Å². The van der Waals surface area contributed by atoms with E-state index in [1.165, 1.54) is 0 Å². The first-order chi connectivity index (χ1) is 8.45. The van der Waals surface area contributed by atoms with Gasteiger partial charge in [0.15, 0.2) is 0 Å². The second kappa shape index (κ2) is 6.55. The highest BCUT2D eigenvalue weighted by atomic mass is 79.9. The summed E-state index contributed by atoms with van der Waals surface area (Å²) in [6.07, 6.45) is 0.536. The highest BCUT2D eigenvalue weighted by Crippen LogP contribution is 2.25. The van der Waals surface area contributed by atoms with Crippen LogP contribution in [0, 0.1) is 11.3 Å². The van der Waals surface area contributed by atoms with E-state index in [2.05, 4.69) is 41.2 Å². The molecule has 0 aliphatic carbocycles. The van der Waals surface area contributed by atoms with E-state index in [0.717, 1.165) is 10.0 Å². The van der Waals surface area contributed by atoms with Crippen molar-refractivity contribution in [2.75, 3.05) is 6.54 Å². The van der Waals surface area contributed by atoms with E-state index in [0.29, 0.717) is 6.54 Å². The van der Waals surface area contributed by atoms with Crippen molar-refractivity contribution in [1.29, 1.82) is 5.26 Å². The molecule has 0 saturated heterocycles. The van der Waals surface area contributed by atoms with Gasteiger partial charge in [-0.05, 0) is 17.7 Å². The number of nitrogens with one attached hydrogen (secondary N) is 1. The number of carbonyl (C=O) groups excluding carboxylic acids is 1. The van der Waals surface area contributed by atoms with Crippen LogP contribution in [0.5, 0.6) is 0 Å². The molecule has 0 aliphatic heterocycles. The fourth-order valence-corrected chi connectivity index (χ4v) is 1.99. The SMILES string of the molecule is CC(C)(CNC(=O)CCC#N)c1cccc(Br)c1. The van der Waals surface area contributed by atoms with Crippen molar-refractivity contribution in [3.8, 4) is 6.07 Å². The molecule has 96 valence electrons. The van der Waals surface area contributed by atoms with E-state index in [1.807, 2.05) is 24.3 Å². The number of benzene rings is 1. The predicted octanol–water partition coefficient (Wildman–Crippen LogP) is 3.15. The first-order valence-electron chi connectivity index (χ1n) is 5.85. The maximum atomic E-state index is 11.5. The monoisotopic (exact) mass is 308 g/mol. The normalized spacial score (nSPS) is 10.8. The molecule has 1 aromatic rings. The third-order valence-electron chi connectivity index (χ3n) is 2.80. The number of amides is 1. The van der Waals surface area contributed by atoms with Gasteiger partial charge >= 0.3 is 0 Å². The van der Waals surface area contributed by atoms with Crippen molar-refractivity contribution in [2.24, 2.45) is 0 Å². The van der Waals surface area contributed by atoms with Crippen LogP contribution in [0.3, 0.4) is 0 Å². The first-order valence-corrected chi connectivity index (χ1v) is 6.65. The summed E-state index contributed by atoms with van der Waals surface area (Å²) in [7, 11) is 0. The van der Waals surface area contributed by atoms with Crippen LogP contribution < -0.4 is 5.32 Å². The van der Waals surface area contributed by atoms with Crippen molar-refractivity contribution >= 4 is 21.8 Å². The molecule has 0 aromatic heterocycles. The molecule has 18 heavy (non-hydrogen) atoms.